The summed E-state index contributed by atoms with van der Waals surface area (Å²) < 4.78 is 34.3. The Balaban J connectivity index is 1.36. The number of H-pyrrole nitrogens is 1. The Bertz CT molecular complexity index is 1300. The van der Waals surface area contributed by atoms with Gasteiger partial charge < -0.3 is 19.7 Å². The van der Waals surface area contributed by atoms with Crippen LogP contribution in [-0.4, -0.2) is 76.7 Å². The van der Waals surface area contributed by atoms with Crippen molar-refractivity contribution in [2.45, 2.75) is 31.4 Å². The van der Waals surface area contributed by atoms with Gasteiger partial charge in [-0.05, 0) is 49.1 Å². The van der Waals surface area contributed by atoms with Gasteiger partial charge in [-0.2, -0.15) is 0 Å². The quantitative estimate of drug-likeness (QED) is 0.561. The molecule has 0 bridgehead atoms. The van der Waals surface area contributed by atoms with E-state index in [0.717, 1.165) is 17.5 Å². The molecule has 2 aliphatic rings. The molecule has 0 saturated heterocycles. The molecular weight excluding hydrogens is 454 g/mol. The van der Waals surface area contributed by atoms with E-state index in [0.29, 0.717) is 61.2 Å². The number of aromatic amines is 1. The number of nitrogens with zero attached hydrogens (tertiary/aromatic N) is 3. The number of carbonyl (C=O) groups is 1. The Morgan fingerprint density at radius 2 is 2.11 bits per heavy atom. The van der Waals surface area contributed by atoms with Crippen LogP contribution in [0.4, 0.5) is 8.78 Å². The van der Waals surface area contributed by atoms with Gasteiger partial charge in [-0.1, -0.05) is 6.08 Å². The lowest BCUT2D eigenvalue weighted by molar-refractivity contribution is -0.136. The third-order valence-electron chi connectivity index (χ3n) is 7.07. The van der Waals surface area contributed by atoms with Gasteiger partial charge in [-0.25, -0.2) is 13.8 Å². The zero-order valence-electron chi connectivity index (χ0n) is 19.7. The topological polar surface area (TPSA) is 81.7 Å². The standard InChI is InChI=1S/C26H28F2N4O3/c1-31(17-10-18(33)11-17)24(34)14-32-7-5-15(6-8-32)22-12-20-25(21(28)13-29-26(20)30-22)19-9-16(27)3-4-23(19)35-2/h3-5,9,12-13,17-18,33H,6-8,10-11,14H2,1-2H3,(H,29,30). The summed E-state index contributed by atoms with van der Waals surface area (Å²) in [5, 5.41) is 10.0. The van der Waals surface area contributed by atoms with Crippen molar-refractivity contribution >= 4 is 22.5 Å². The molecule has 35 heavy (non-hydrogen) atoms. The number of halogens is 2. The molecule has 0 unspecified atom stereocenters. The van der Waals surface area contributed by atoms with Crippen LogP contribution < -0.4 is 4.74 Å². The monoisotopic (exact) mass is 482 g/mol. The van der Waals surface area contributed by atoms with Crippen LogP contribution in [0.3, 0.4) is 0 Å². The number of methoxy groups -OCH3 is 1. The summed E-state index contributed by atoms with van der Waals surface area (Å²) in [6.07, 6.45) is 4.90. The minimum absolute atomic E-state index is 0.0534. The molecule has 7 nitrogen and oxygen atoms in total. The molecule has 0 spiro atoms. The normalized spacial score (nSPS) is 20.4. The number of aliphatic hydroxyl groups is 1. The fourth-order valence-corrected chi connectivity index (χ4v) is 4.85. The molecule has 1 amide bonds. The van der Waals surface area contributed by atoms with E-state index < -0.39 is 11.6 Å². The van der Waals surface area contributed by atoms with E-state index in [-0.39, 0.29) is 23.6 Å². The first kappa shape index (κ1) is 23.4. The predicted molar refractivity (Wildman–Crippen MR) is 129 cm³/mol. The Kier molecular flexibility index (Phi) is 6.29. The molecule has 1 fully saturated rings. The lowest BCUT2D eigenvalue weighted by atomic mass is 9.88. The van der Waals surface area contributed by atoms with Gasteiger partial charge in [0.2, 0.25) is 5.91 Å². The van der Waals surface area contributed by atoms with Gasteiger partial charge in [-0.15, -0.1) is 0 Å². The average Bonchev–Trinajstić information content (AvgIpc) is 3.26. The summed E-state index contributed by atoms with van der Waals surface area (Å²) in [5.74, 6) is -0.612. The predicted octanol–water partition coefficient (Wildman–Crippen LogP) is 3.59. The average molecular weight is 483 g/mol. The molecule has 1 aliphatic carbocycles. The number of rotatable bonds is 6. The lowest BCUT2D eigenvalue weighted by Gasteiger charge is -2.39. The summed E-state index contributed by atoms with van der Waals surface area (Å²) in [5.41, 5.74) is 2.95. The summed E-state index contributed by atoms with van der Waals surface area (Å²) in [6, 6.07) is 5.98. The second kappa shape index (κ2) is 9.39. The van der Waals surface area contributed by atoms with Crippen LogP contribution in [0.25, 0.3) is 27.7 Å². The maximum Gasteiger partial charge on any atom is 0.236 e. The highest BCUT2D eigenvalue weighted by atomic mass is 19.1. The molecule has 184 valence electrons. The first-order chi connectivity index (χ1) is 16.8. The highest BCUT2D eigenvalue weighted by Crippen LogP contribution is 2.38. The van der Waals surface area contributed by atoms with E-state index in [1.165, 1.54) is 25.3 Å². The molecule has 0 atom stereocenters. The summed E-state index contributed by atoms with van der Waals surface area (Å²) >= 11 is 0. The molecule has 1 aromatic carbocycles. The molecule has 9 heteroatoms. The Morgan fingerprint density at radius 3 is 2.80 bits per heavy atom. The third kappa shape index (κ3) is 4.53. The van der Waals surface area contributed by atoms with Crippen molar-refractivity contribution in [3.05, 3.63) is 53.9 Å². The van der Waals surface area contributed by atoms with E-state index in [4.69, 9.17) is 4.74 Å². The van der Waals surface area contributed by atoms with Crippen molar-refractivity contribution in [2.75, 3.05) is 33.8 Å². The fraction of sp³-hybridized carbons (Fsp3) is 0.385. The van der Waals surface area contributed by atoms with Crippen LogP contribution in [0.2, 0.25) is 0 Å². The zero-order chi connectivity index (χ0) is 24.7. The Labute approximate surface area is 202 Å². The number of hydrogen-bond acceptors (Lipinski definition) is 5. The van der Waals surface area contributed by atoms with Gasteiger partial charge in [0.25, 0.3) is 0 Å². The fourth-order valence-electron chi connectivity index (χ4n) is 4.85. The van der Waals surface area contributed by atoms with Crippen LogP contribution in [0.1, 0.15) is 25.0 Å². The van der Waals surface area contributed by atoms with Gasteiger partial charge in [0, 0.05) is 48.4 Å². The van der Waals surface area contributed by atoms with E-state index >= 15 is 0 Å². The summed E-state index contributed by atoms with van der Waals surface area (Å²) in [7, 11) is 3.26. The number of aliphatic hydroxyl groups excluding tert-OH is 1. The van der Waals surface area contributed by atoms with Crippen LogP contribution >= 0.6 is 0 Å². The van der Waals surface area contributed by atoms with Gasteiger partial charge in [0.1, 0.15) is 23.0 Å². The Morgan fingerprint density at radius 1 is 1.31 bits per heavy atom. The number of amides is 1. The molecule has 5 rings (SSSR count). The van der Waals surface area contributed by atoms with E-state index in [9.17, 15) is 18.7 Å². The van der Waals surface area contributed by atoms with Crippen LogP contribution in [0.5, 0.6) is 5.75 Å². The smallest absolute Gasteiger partial charge is 0.236 e. The highest BCUT2D eigenvalue weighted by molar-refractivity contribution is 5.97. The number of fused-ring (bicyclic) bond motifs is 1. The lowest BCUT2D eigenvalue weighted by Crippen LogP contribution is -2.50. The second-order valence-corrected chi connectivity index (χ2v) is 9.27. The molecule has 2 N–H and O–H groups in total. The summed E-state index contributed by atoms with van der Waals surface area (Å²) in [6.45, 7) is 1.65. The van der Waals surface area contributed by atoms with E-state index in [2.05, 4.69) is 20.9 Å². The van der Waals surface area contributed by atoms with Gasteiger partial charge >= 0.3 is 0 Å². The molecule has 2 aromatic heterocycles. The molecule has 3 aromatic rings. The number of likely N-dealkylation sites (N-methyl/N-ethyl adjacent to an activating group) is 1. The molecule has 0 radical (unpaired) electrons. The zero-order valence-corrected chi connectivity index (χ0v) is 19.7. The minimum Gasteiger partial charge on any atom is -0.496 e. The molecule has 1 aliphatic heterocycles. The number of benzene rings is 1. The SMILES string of the molecule is COc1ccc(F)cc1-c1c(F)cnc2[nH]c(C3=CCN(CC(=O)N(C)C4CC(O)C4)CC3)cc12. The number of ether oxygens (including phenoxy) is 1. The largest absolute Gasteiger partial charge is 0.496 e. The number of hydrogen-bond donors (Lipinski definition) is 2. The van der Waals surface area contributed by atoms with Gasteiger partial charge in [0.05, 0.1) is 26.0 Å². The number of aromatic nitrogens is 2. The van der Waals surface area contributed by atoms with Crippen LogP contribution in [0.15, 0.2) is 36.5 Å². The first-order valence-corrected chi connectivity index (χ1v) is 11.7. The van der Waals surface area contributed by atoms with Crippen molar-refractivity contribution in [1.82, 2.24) is 19.8 Å². The maximum atomic E-state index is 14.9. The van der Waals surface area contributed by atoms with E-state index in [1.807, 2.05) is 6.07 Å². The van der Waals surface area contributed by atoms with Crippen molar-refractivity contribution in [3.8, 4) is 16.9 Å². The van der Waals surface area contributed by atoms with Gasteiger partial charge in [0.15, 0.2) is 0 Å². The van der Waals surface area contributed by atoms with Gasteiger partial charge in [-0.3, -0.25) is 9.69 Å². The molecule has 1 saturated carbocycles. The number of nitrogens with one attached hydrogen (secondary N) is 1. The number of pyridine rings is 1. The van der Waals surface area contributed by atoms with Crippen molar-refractivity contribution in [2.24, 2.45) is 0 Å². The maximum absolute atomic E-state index is 14.9. The first-order valence-electron chi connectivity index (χ1n) is 11.7. The molecular formula is C26H28F2N4O3. The highest BCUT2D eigenvalue weighted by Gasteiger charge is 2.33. The third-order valence-corrected chi connectivity index (χ3v) is 7.07. The Hall–Kier alpha value is -3.30. The van der Waals surface area contributed by atoms with Crippen LogP contribution in [-0.2, 0) is 4.79 Å². The van der Waals surface area contributed by atoms with Crippen molar-refractivity contribution in [1.29, 1.82) is 0 Å². The van der Waals surface area contributed by atoms with Crippen molar-refractivity contribution < 1.29 is 23.4 Å². The number of carbonyl (C=O) groups excluding carboxylic acids is 1. The van der Waals surface area contributed by atoms with Crippen molar-refractivity contribution in [3.63, 3.8) is 0 Å². The van der Waals surface area contributed by atoms with Crippen LogP contribution in [0, 0.1) is 11.6 Å². The molecule has 3 heterocycles. The second-order valence-electron chi connectivity index (χ2n) is 9.27. The minimum atomic E-state index is -0.558. The van der Waals surface area contributed by atoms with E-state index in [1.54, 1.807) is 11.9 Å². The summed E-state index contributed by atoms with van der Waals surface area (Å²) in [4.78, 5) is 23.9.